The summed E-state index contributed by atoms with van der Waals surface area (Å²) < 4.78 is 86.9. The van der Waals surface area contributed by atoms with Crippen LogP contribution in [-0.4, -0.2) is 175 Å². The van der Waals surface area contributed by atoms with Gasteiger partial charge in [-0.1, -0.05) is 19.8 Å². The van der Waals surface area contributed by atoms with Crippen LogP contribution in [0, 0.1) is 10.8 Å². The first-order valence-electron chi connectivity index (χ1n) is 21.6. The molecule has 0 fully saturated rings. The summed E-state index contributed by atoms with van der Waals surface area (Å²) in [5.41, 5.74) is -0.997. The minimum atomic E-state index is -2.94. The van der Waals surface area contributed by atoms with Gasteiger partial charge in [0.15, 0.2) is 0 Å². The van der Waals surface area contributed by atoms with Gasteiger partial charge in [-0.2, -0.15) is 0 Å². The van der Waals surface area contributed by atoms with Crippen molar-refractivity contribution in [1.82, 2.24) is 4.90 Å². The maximum Gasteiger partial charge on any atom is 0.500 e. The van der Waals surface area contributed by atoms with Crippen molar-refractivity contribution in [3.63, 3.8) is 0 Å². The largest absolute Gasteiger partial charge is 0.500 e. The highest BCUT2D eigenvalue weighted by Crippen LogP contribution is 2.43. The highest BCUT2D eigenvalue weighted by Gasteiger charge is 2.47. The molecule has 0 N–H and O–H groups in total. The van der Waals surface area contributed by atoms with Gasteiger partial charge in [-0.25, -0.2) is 0 Å². The lowest BCUT2D eigenvalue weighted by molar-refractivity contribution is -0.145. The lowest BCUT2D eigenvalue weighted by Crippen LogP contribution is -2.49. The van der Waals surface area contributed by atoms with Crippen molar-refractivity contribution >= 4 is 49.9 Å². The number of carbonyl (C=O) groups excluding carboxylic acids is 1. The molecule has 0 aliphatic heterocycles. The van der Waals surface area contributed by atoms with Gasteiger partial charge in [0.2, 0.25) is 5.91 Å². The number of hydrogen-bond donors (Lipinski definition) is 0. The molecule has 61 heavy (non-hydrogen) atoms. The Labute approximate surface area is 376 Å². The third kappa shape index (κ3) is 18.6. The monoisotopic (exact) mass is 968 g/mol. The normalized spacial score (nSPS) is 13.7. The summed E-state index contributed by atoms with van der Waals surface area (Å²) >= 11 is 0. The molecule has 1 amide bonds. The molecule has 0 aromatic carbocycles. The van der Waals surface area contributed by atoms with Crippen LogP contribution in [0.25, 0.3) is 0 Å². The molecule has 0 spiro atoms. The van der Waals surface area contributed by atoms with Crippen molar-refractivity contribution in [3.05, 3.63) is 0 Å². The van der Waals surface area contributed by atoms with E-state index in [0.29, 0.717) is 81.8 Å². The number of hydrogen-bond acceptors (Lipinski definition) is 16. The second-order valence-corrected chi connectivity index (χ2v) is 31.3. The SMILES string of the molecule is CCN(CC(C)(CCCC[Si](OC)(OC)OC)CCCC[Si](OC)(OC)OC)C(=O)C(CCC[Si](OC)(OC)OC)(CCC[Si](OC)(OC)OC)CCC[Si](OC)(OC)OC. The molecule has 22 heteroatoms. The van der Waals surface area contributed by atoms with Crippen LogP contribution in [-0.2, 0) is 71.2 Å². The molecule has 366 valence electrons. The van der Waals surface area contributed by atoms with Gasteiger partial charge in [0.25, 0.3) is 0 Å². The molecule has 0 saturated heterocycles. The number of amides is 1. The third-order valence-corrected chi connectivity index (χ3v) is 27.0. The highest BCUT2D eigenvalue weighted by atomic mass is 28.4. The first-order chi connectivity index (χ1) is 29.0. The second-order valence-electron chi connectivity index (χ2n) is 15.9. The fourth-order valence-corrected chi connectivity index (χ4v) is 17.4. The van der Waals surface area contributed by atoms with Gasteiger partial charge in [0.05, 0.1) is 0 Å². The summed E-state index contributed by atoms with van der Waals surface area (Å²) in [6.07, 6.45) is 9.06. The van der Waals surface area contributed by atoms with Gasteiger partial charge in [-0.15, -0.1) is 0 Å². The van der Waals surface area contributed by atoms with Crippen LogP contribution in [0.1, 0.15) is 90.9 Å². The number of rotatable bonds is 41. The Morgan fingerprint density at radius 2 is 0.607 bits per heavy atom. The van der Waals surface area contributed by atoms with Crippen LogP contribution in [0.15, 0.2) is 0 Å². The summed E-state index contributed by atoms with van der Waals surface area (Å²) in [6, 6.07) is 3.07. The van der Waals surface area contributed by atoms with Crippen molar-refractivity contribution in [1.29, 1.82) is 0 Å². The second kappa shape index (κ2) is 31.0. The van der Waals surface area contributed by atoms with Gasteiger partial charge in [0.1, 0.15) is 0 Å². The lowest BCUT2D eigenvalue weighted by Gasteiger charge is -2.42. The average molecular weight is 969 g/mol. The van der Waals surface area contributed by atoms with Gasteiger partial charge in [0, 0.05) is 155 Å². The van der Waals surface area contributed by atoms with Gasteiger partial charge < -0.3 is 71.3 Å². The zero-order valence-electron chi connectivity index (χ0n) is 41.4. The molecule has 0 bridgehead atoms. The molecular weight excluding hydrogens is 879 g/mol. The molecule has 0 atom stereocenters. The standard InChI is InChI=1S/C39H89NO16Si5/c1-18-40(36-38(2,26-19-21-31-57(42-3,43-4)44-5)27-20-22-32-58(45-6,46-7)47-8)37(41)39(28-23-33-59(48-9,49-10)50-11,29-24-34-60(51-12,52-13)53-14)30-25-35-61(54-15,55-16)56-17/h18-36H2,1-17H3. The Hall–Kier alpha value is -0.0456. The first kappa shape index (κ1) is 61.0. The predicted octanol–water partition coefficient (Wildman–Crippen LogP) is 6.90. The number of carbonyl (C=O) groups is 1. The molecule has 0 saturated carbocycles. The van der Waals surface area contributed by atoms with E-state index in [1.165, 1.54) is 0 Å². The van der Waals surface area contributed by atoms with Crippen LogP contribution in [0.3, 0.4) is 0 Å². The summed E-state index contributed by atoms with van der Waals surface area (Å²) in [5.74, 6) is 0.119. The van der Waals surface area contributed by atoms with Crippen molar-refractivity contribution in [3.8, 4) is 0 Å². The Kier molecular flexibility index (Phi) is 31.0. The van der Waals surface area contributed by atoms with Crippen molar-refractivity contribution in [2.45, 2.75) is 121 Å². The first-order valence-corrected chi connectivity index (χ1v) is 31.3. The Bertz CT molecular complexity index is 998. The third-order valence-electron chi connectivity index (χ3n) is 12.8. The molecular formula is C39H89NO16Si5. The molecule has 0 aromatic rings. The molecule has 0 aromatic heterocycles. The Balaban J connectivity index is 7.20. The highest BCUT2D eigenvalue weighted by molar-refractivity contribution is 6.62. The summed E-state index contributed by atoms with van der Waals surface area (Å²) in [6.45, 7) is 5.51. The molecule has 0 heterocycles. The van der Waals surface area contributed by atoms with Crippen LogP contribution >= 0.6 is 0 Å². The van der Waals surface area contributed by atoms with E-state index < -0.39 is 49.4 Å². The lowest BCUT2D eigenvalue weighted by atomic mass is 9.73. The number of unbranched alkanes of at least 4 members (excludes halogenated alkanes) is 2. The van der Waals surface area contributed by atoms with E-state index in [0.717, 1.165) is 38.5 Å². The van der Waals surface area contributed by atoms with Crippen LogP contribution in [0.4, 0.5) is 0 Å². The van der Waals surface area contributed by atoms with Gasteiger partial charge >= 0.3 is 44.0 Å². The van der Waals surface area contributed by atoms with Crippen LogP contribution < -0.4 is 0 Å². The van der Waals surface area contributed by atoms with E-state index in [1.807, 2.05) is 0 Å². The minimum absolute atomic E-state index is 0.119. The Morgan fingerprint density at radius 1 is 0.377 bits per heavy atom. The molecule has 17 nitrogen and oxygen atoms in total. The maximum atomic E-state index is 15.7. The quantitative estimate of drug-likeness (QED) is 0.0460. The van der Waals surface area contributed by atoms with E-state index in [2.05, 4.69) is 18.7 Å². The smallest absolute Gasteiger partial charge is 0.377 e. The van der Waals surface area contributed by atoms with E-state index >= 15 is 4.79 Å². The predicted molar refractivity (Wildman–Crippen MR) is 246 cm³/mol. The average Bonchev–Trinajstić information content (AvgIpc) is 3.30. The van der Waals surface area contributed by atoms with Crippen LogP contribution in [0.5, 0.6) is 0 Å². The molecule has 0 aliphatic carbocycles. The van der Waals surface area contributed by atoms with Gasteiger partial charge in [-0.3, -0.25) is 4.79 Å². The van der Waals surface area contributed by atoms with Crippen molar-refractivity contribution < 1.29 is 71.2 Å². The summed E-state index contributed by atoms with van der Waals surface area (Å²) in [7, 11) is 10.2. The van der Waals surface area contributed by atoms with Crippen molar-refractivity contribution in [2.75, 3.05) is 120 Å². The molecule has 0 aliphatic rings. The van der Waals surface area contributed by atoms with E-state index in [9.17, 15) is 0 Å². The molecule has 0 rings (SSSR count). The zero-order valence-corrected chi connectivity index (χ0v) is 46.4. The number of nitrogens with zero attached hydrogens (tertiary/aromatic N) is 1. The van der Waals surface area contributed by atoms with Gasteiger partial charge in [-0.05, 0) is 76.5 Å². The fourth-order valence-electron chi connectivity index (χ4n) is 8.60. The van der Waals surface area contributed by atoms with E-state index in [1.54, 1.807) is 107 Å². The van der Waals surface area contributed by atoms with E-state index in [-0.39, 0.29) is 11.3 Å². The molecule has 0 unspecified atom stereocenters. The maximum absolute atomic E-state index is 15.7. The van der Waals surface area contributed by atoms with Crippen LogP contribution in [0.2, 0.25) is 30.2 Å². The van der Waals surface area contributed by atoms with Crippen molar-refractivity contribution in [2.24, 2.45) is 10.8 Å². The molecule has 0 radical (unpaired) electrons. The Morgan fingerprint density at radius 3 is 0.820 bits per heavy atom. The zero-order chi connectivity index (χ0) is 46.7. The fraction of sp³-hybridized carbons (Fsp3) is 0.974. The summed E-state index contributed by atoms with van der Waals surface area (Å²) in [4.78, 5) is 17.8. The minimum Gasteiger partial charge on any atom is -0.377 e. The topological polar surface area (TPSA) is 159 Å². The summed E-state index contributed by atoms with van der Waals surface area (Å²) in [5, 5.41) is 0. The van der Waals surface area contributed by atoms with E-state index in [4.69, 9.17) is 66.4 Å².